The number of thioether (sulfide) groups is 2. The molecule has 0 aliphatic carbocycles. The van der Waals surface area contributed by atoms with Gasteiger partial charge in [-0.3, -0.25) is 9.59 Å². The van der Waals surface area contributed by atoms with Gasteiger partial charge >= 0.3 is 0 Å². The second-order valence-electron chi connectivity index (χ2n) is 8.33. The van der Waals surface area contributed by atoms with Gasteiger partial charge in [0.05, 0.1) is 11.5 Å². The molecular formula is C30H24N4O2S3. The highest BCUT2D eigenvalue weighted by molar-refractivity contribution is 8.03. The van der Waals surface area contributed by atoms with Crippen LogP contribution in [0.5, 0.6) is 0 Å². The number of carbonyl (C=O) groups excluding carboxylic acids is 2. The number of amides is 2. The number of hydrogen-bond donors (Lipinski definition) is 2. The van der Waals surface area contributed by atoms with Gasteiger partial charge in [-0.1, -0.05) is 132 Å². The van der Waals surface area contributed by atoms with E-state index in [0.29, 0.717) is 8.68 Å². The maximum Gasteiger partial charge on any atom is 0.234 e. The van der Waals surface area contributed by atoms with Crippen molar-refractivity contribution in [2.45, 2.75) is 8.68 Å². The van der Waals surface area contributed by atoms with Gasteiger partial charge in [-0.05, 0) is 23.3 Å². The minimum absolute atomic E-state index is 0.121. The molecule has 0 spiro atoms. The molecule has 0 atom stereocenters. The van der Waals surface area contributed by atoms with Crippen LogP contribution >= 0.6 is 34.9 Å². The summed E-state index contributed by atoms with van der Waals surface area (Å²) in [6.07, 6.45) is 0. The van der Waals surface area contributed by atoms with Gasteiger partial charge in [0.2, 0.25) is 11.8 Å². The van der Waals surface area contributed by atoms with E-state index in [1.807, 2.05) is 109 Å². The first kappa shape index (κ1) is 26.7. The zero-order valence-electron chi connectivity index (χ0n) is 20.7. The van der Waals surface area contributed by atoms with Gasteiger partial charge in [0, 0.05) is 22.5 Å². The van der Waals surface area contributed by atoms with Crippen molar-refractivity contribution in [3.63, 3.8) is 0 Å². The van der Waals surface area contributed by atoms with E-state index in [9.17, 15) is 9.59 Å². The van der Waals surface area contributed by atoms with Crippen LogP contribution in [-0.4, -0.2) is 33.5 Å². The zero-order chi connectivity index (χ0) is 26.9. The normalized spacial score (nSPS) is 10.7. The Balaban J connectivity index is 1.12. The number of hydrogen-bond acceptors (Lipinski definition) is 7. The molecule has 0 unspecified atom stereocenters. The number of nitrogens with zero attached hydrogens (tertiary/aromatic N) is 2. The number of benzene rings is 4. The molecule has 0 aliphatic rings. The smallest absolute Gasteiger partial charge is 0.234 e. The lowest BCUT2D eigenvalue weighted by atomic mass is 10.0. The van der Waals surface area contributed by atoms with Gasteiger partial charge in [0.25, 0.3) is 0 Å². The SMILES string of the molecule is O=C(CSc1nnc(SCC(=O)Nc2ccccc2-c2ccccc2)s1)Nc1ccccc1-c1ccccc1. The summed E-state index contributed by atoms with van der Waals surface area (Å²) in [5.74, 6) is 0.173. The molecule has 194 valence electrons. The summed E-state index contributed by atoms with van der Waals surface area (Å²) in [6.45, 7) is 0. The fourth-order valence-electron chi connectivity index (χ4n) is 3.86. The maximum atomic E-state index is 12.7. The van der Waals surface area contributed by atoms with Crippen LogP contribution in [0.25, 0.3) is 22.3 Å². The third-order valence-electron chi connectivity index (χ3n) is 5.61. The molecule has 0 radical (unpaired) electrons. The summed E-state index contributed by atoms with van der Waals surface area (Å²) in [4.78, 5) is 25.3. The van der Waals surface area contributed by atoms with Gasteiger partial charge in [-0.15, -0.1) is 10.2 Å². The van der Waals surface area contributed by atoms with Crippen molar-refractivity contribution in [1.82, 2.24) is 10.2 Å². The number of aromatic nitrogens is 2. The van der Waals surface area contributed by atoms with Crippen molar-refractivity contribution in [2.75, 3.05) is 22.1 Å². The Hall–Kier alpha value is -3.92. The van der Waals surface area contributed by atoms with Crippen molar-refractivity contribution >= 4 is 58.0 Å². The molecule has 6 nitrogen and oxygen atoms in total. The Morgan fingerprint density at radius 3 is 1.38 bits per heavy atom. The van der Waals surface area contributed by atoms with E-state index in [1.165, 1.54) is 34.9 Å². The van der Waals surface area contributed by atoms with E-state index in [-0.39, 0.29) is 23.3 Å². The van der Waals surface area contributed by atoms with Crippen LogP contribution in [-0.2, 0) is 9.59 Å². The van der Waals surface area contributed by atoms with Crippen LogP contribution < -0.4 is 10.6 Å². The molecule has 0 saturated heterocycles. The van der Waals surface area contributed by atoms with E-state index in [2.05, 4.69) is 20.8 Å². The topological polar surface area (TPSA) is 84.0 Å². The minimum Gasteiger partial charge on any atom is -0.325 e. The van der Waals surface area contributed by atoms with Crippen LogP contribution in [0, 0.1) is 0 Å². The van der Waals surface area contributed by atoms with E-state index in [4.69, 9.17) is 0 Å². The Labute approximate surface area is 239 Å². The van der Waals surface area contributed by atoms with E-state index in [0.717, 1.165) is 33.6 Å². The number of para-hydroxylation sites is 2. The third kappa shape index (κ3) is 7.35. The maximum absolute atomic E-state index is 12.7. The summed E-state index contributed by atoms with van der Waals surface area (Å²) in [6, 6.07) is 35.4. The van der Waals surface area contributed by atoms with E-state index < -0.39 is 0 Å². The monoisotopic (exact) mass is 568 g/mol. The minimum atomic E-state index is -0.121. The molecule has 2 amide bonds. The third-order valence-corrected chi connectivity index (χ3v) is 8.80. The molecule has 4 aromatic carbocycles. The van der Waals surface area contributed by atoms with Gasteiger partial charge in [0.1, 0.15) is 0 Å². The Morgan fingerprint density at radius 2 is 0.949 bits per heavy atom. The highest BCUT2D eigenvalue weighted by Crippen LogP contribution is 2.31. The molecule has 39 heavy (non-hydrogen) atoms. The Kier molecular flexibility index (Phi) is 9.05. The van der Waals surface area contributed by atoms with Crippen molar-refractivity contribution in [3.8, 4) is 22.3 Å². The van der Waals surface area contributed by atoms with Crippen molar-refractivity contribution in [3.05, 3.63) is 109 Å². The molecule has 0 fully saturated rings. The Bertz CT molecular complexity index is 1440. The summed E-state index contributed by atoms with van der Waals surface area (Å²) in [5.41, 5.74) is 5.55. The van der Waals surface area contributed by atoms with Gasteiger partial charge < -0.3 is 10.6 Å². The van der Waals surface area contributed by atoms with Crippen molar-refractivity contribution in [1.29, 1.82) is 0 Å². The number of rotatable bonds is 10. The molecule has 1 heterocycles. The van der Waals surface area contributed by atoms with Crippen LogP contribution in [0.1, 0.15) is 0 Å². The van der Waals surface area contributed by atoms with Crippen molar-refractivity contribution < 1.29 is 9.59 Å². The molecular weight excluding hydrogens is 545 g/mol. The summed E-state index contributed by atoms with van der Waals surface area (Å²) < 4.78 is 1.36. The van der Waals surface area contributed by atoms with Gasteiger partial charge in [-0.2, -0.15) is 0 Å². The molecule has 9 heteroatoms. The highest BCUT2D eigenvalue weighted by atomic mass is 32.2. The van der Waals surface area contributed by atoms with Crippen LogP contribution in [0.15, 0.2) is 118 Å². The quantitative estimate of drug-likeness (QED) is 0.172. The summed E-state index contributed by atoms with van der Waals surface area (Å²) >= 11 is 4.02. The summed E-state index contributed by atoms with van der Waals surface area (Å²) in [7, 11) is 0. The molecule has 2 N–H and O–H groups in total. The van der Waals surface area contributed by atoms with E-state index >= 15 is 0 Å². The predicted octanol–water partition coefficient (Wildman–Crippen LogP) is 7.33. The molecule has 0 bridgehead atoms. The first-order chi connectivity index (χ1) is 19.2. The Morgan fingerprint density at radius 1 is 0.564 bits per heavy atom. The van der Waals surface area contributed by atoms with Crippen molar-refractivity contribution in [2.24, 2.45) is 0 Å². The van der Waals surface area contributed by atoms with Crippen LogP contribution in [0.3, 0.4) is 0 Å². The highest BCUT2D eigenvalue weighted by Gasteiger charge is 2.13. The average molecular weight is 569 g/mol. The van der Waals surface area contributed by atoms with Crippen LogP contribution in [0.4, 0.5) is 11.4 Å². The fraction of sp³-hybridized carbons (Fsp3) is 0.0667. The number of carbonyl (C=O) groups is 2. The largest absolute Gasteiger partial charge is 0.325 e. The second kappa shape index (κ2) is 13.2. The lowest BCUT2D eigenvalue weighted by molar-refractivity contribution is -0.114. The predicted molar refractivity (Wildman–Crippen MR) is 162 cm³/mol. The molecule has 5 rings (SSSR count). The number of anilines is 2. The molecule has 0 saturated carbocycles. The molecule has 5 aromatic rings. The van der Waals surface area contributed by atoms with E-state index in [1.54, 1.807) is 0 Å². The average Bonchev–Trinajstić information content (AvgIpc) is 3.44. The standard InChI is InChI=1S/C30H24N4O2S3/c35-27(31-25-17-9-7-15-23(25)21-11-3-1-4-12-21)19-37-29-33-34-30(39-29)38-20-28(36)32-26-18-10-8-16-24(26)22-13-5-2-6-14-22/h1-18H,19-20H2,(H,31,35)(H,32,36). The zero-order valence-corrected chi connectivity index (χ0v) is 23.2. The first-order valence-electron chi connectivity index (χ1n) is 12.1. The second-order valence-corrected chi connectivity index (χ2v) is 11.8. The summed E-state index contributed by atoms with van der Waals surface area (Å²) in [5, 5.41) is 14.4. The fourth-order valence-corrected chi connectivity index (χ4v) is 6.48. The molecule has 1 aromatic heterocycles. The first-order valence-corrected chi connectivity index (χ1v) is 14.9. The van der Waals surface area contributed by atoms with Crippen LogP contribution in [0.2, 0.25) is 0 Å². The van der Waals surface area contributed by atoms with Gasteiger partial charge in [0.15, 0.2) is 8.68 Å². The number of nitrogens with one attached hydrogen (secondary N) is 2. The lowest BCUT2D eigenvalue weighted by Crippen LogP contribution is -2.14. The van der Waals surface area contributed by atoms with Gasteiger partial charge in [-0.25, -0.2) is 0 Å². The lowest BCUT2D eigenvalue weighted by Gasteiger charge is -2.11. The molecule has 0 aliphatic heterocycles.